The lowest BCUT2D eigenvalue weighted by Crippen LogP contribution is -2.57. The molecule has 0 aromatic rings. The molecule has 1 saturated heterocycles. The van der Waals surface area contributed by atoms with Crippen molar-refractivity contribution in [2.75, 3.05) is 13.2 Å². The summed E-state index contributed by atoms with van der Waals surface area (Å²) in [6.07, 6.45) is -3.53. The van der Waals surface area contributed by atoms with Gasteiger partial charge < -0.3 is 24.8 Å². The third-order valence-corrected chi connectivity index (χ3v) is 2.75. The fourth-order valence-electron chi connectivity index (χ4n) is 1.46. The van der Waals surface area contributed by atoms with Gasteiger partial charge in [-0.05, 0) is 6.92 Å². The first-order valence-corrected chi connectivity index (χ1v) is 5.05. The summed E-state index contributed by atoms with van der Waals surface area (Å²) in [6.45, 7) is 1.83. The maximum absolute atomic E-state index is 9.68. The fraction of sp³-hybridized carbons (Fsp3) is 1.00. The third kappa shape index (κ3) is 2.39. The third-order valence-electron chi connectivity index (χ3n) is 2.20. The SMILES string of the molecule is CCO[C@H]1[C@@H](O)[C@@H](CO)O[C@H](O)[C@@H]1S. The van der Waals surface area contributed by atoms with Crippen molar-refractivity contribution in [3.05, 3.63) is 0 Å². The summed E-state index contributed by atoms with van der Waals surface area (Å²) >= 11 is 4.08. The lowest BCUT2D eigenvalue weighted by Gasteiger charge is -2.40. The van der Waals surface area contributed by atoms with Crippen molar-refractivity contribution in [3.63, 3.8) is 0 Å². The average molecular weight is 224 g/mol. The van der Waals surface area contributed by atoms with Gasteiger partial charge >= 0.3 is 0 Å². The van der Waals surface area contributed by atoms with Gasteiger partial charge in [0.2, 0.25) is 0 Å². The Balaban J connectivity index is 2.67. The van der Waals surface area contributed by atoms with E-state index in [0.717, 1.165) is 0 Å². The number of thiol groups is 1. The molecule has 5 atom stereocenters. The van der Waals surface area contributed by atoms with Gasteiger partial charge in [-0.3, -0.25) is 0 Å². The summed E-state index contributed by atoms with van der Waals surface area (Å²) in [6, 6.07) is 0. The summed E-state index contributed by atoms with van der Waals surface area (Å²) in [4.78, 5) is 0. The molecular weight excluding hydrogens is 208 g/mol. The lowest BCUT2D eigenvalue weighted by atomic mass is 10.0. The molecule has 1 aliphatic heterocycles. The van der Waals surface area contributed by atoms with E-state index in [2.05, 4.69) is 12.6 Å². The highest BCUT2D eigenvalue weighted by molar-refractivity contribution is 7.81. The van der Waals surface area contributed by atoms with Crippen molar-refractivity contribution < 1.29 is 24.8 Å². The molecule has 0 spiro atoms. The van der Waals surface area contributed by atoms with Crippen LogP contribution in [0, 0.1) is 0 Å². The zero-order valence-electron chi connectivity index (χ0n) is 7.91. The first kappa shape index (κ1) is 12.2. The Kier molecular flexibility index (Phi) is 4.62. The predicted octanol–water partition coefficient (Wildman–Crippen LogP) is -1.24. The highest BCUT2D eigenvalue weighted by atomic mass is 32.1. The number of aliphatic hydroxyl groups is 3. The molecule has 5 nitrogen and oxygen atoms in total. The Hall–Kier alpha value is 0.150. The number of hydrogen-bond acceptors (Lipinski definition) is 6. The topological polar surface area (TPSA) is 79.2 Å². The standard InChI is InChI=1S/C8H16O5S/c1-2-12-6-5(10)4(3-9)13-8(11)7(6)14/h4-11,14H,2-3H2,1H3/t4-,5+,6+,7-,8+/m1/s1. The first-order valence-electron chi connectivity index (χ1n) is 4.54. The summed E-state index contributed by atoms with van der Waals surface area (Å²) in [7, 11) is 0. The molecule has 0 unspecified atom stereocenters. The average Bonchev–Trinajstić information content (AvgIpc) is 2.18. The predicted molar refractivity (Wildman–Crippen MR) is 52.2 cm³/mol. The minimum Gasteiger partial charge on any atom is -0.394 e. The van der Waals surface area contributed by atoms with Crippen LogP contribution in [-0.2, 0) is 9.47 Å². The number of aliphatic hydroxyl groups excluding tert-OH is 3. The minimum absolute atomic E-state index is 0.359. The first-order chi connectivity index (χ1) is 6.61. The van der Waals surface area contributed by atoms with Gasteiger partial charge in [-0.2, -0.15) is 12.6 Å². The molecule has 0 bridgehead atoms. The van der Waals surface area contributed by atoms with Crippen LogP contribution in [0.2, 0.25) is 0 Å². The highest BCUT2D eigenvalue weighted by Crippen LogP contribution is 2.25. The van der Waals surface area contributed by atoms with Crippen LogP contribution in [0.25, 0.3) is 0 Å². The van der Waals surface area contributed by atoms with Gasteiger partial charge in [0.05, 0.1) is 11.9 Å². The largest absolute Gasteiger partial charge is 0.394 e. The van der Waals surface area contributed by atoms with Crippen LogP contribution in [0.4, 0.5) is 0 Å². The molecule has 1 fully saturated rings. The van der Waals surface area contributed by atoms with Crippen LogP contribution in [0.1, 0.15) is 6.92 Å². The second kappa shape index (κ2) is 5.29. The van der Waals surface area contributed by atoms with E-state index in [1.165, 1.54) is 0 Å². The van der Waals surface area contributed by atoms with Gasteiger partial charge in [0.25, 0.3) is 0 Å². The number of hydrogen-bond donors (Lipinski definition) is 4. The fourth-order valence-corrected chi connectivity index (χ4v) is 1.79. The second-order valence-corrected chi connectivity index (χ2v) is 3.75. The molecule has 0 aromatic carbocycles. The van der Waals surface area contributed by atoms with Gasteiger partial charge in [-0.15, -0.1) is 0 Å². The molecule has 0 saturated carbocycles. The maximum Gasteiger partial charge on any atom is 0.169 e. The van der Waals surface area contributed by atoms with E-state index in [9.17, 15) is 10.2 Å². The molecule has 3 N–H and O–H groups in total. The van der Waals surface area contributed by atoms with Gasteiger partial charge in [0, 0.05) is 6.61 Å². The minimum atomic E-state index is -1.13. The monoisotopic (exact) mass is 224 g/mol. The van der Waals surface area contributed by atoms with Crippen LogP contribution >= 0.6 is 12.6 Å². The Labute approximate surface area is 88.1 Å². The molecule has 1 rings (SSSR count). The van der Waals surface area contributed by atoms with Crippen molar-refractivity contribution in [3.8, 4) is 0 Å². The zero-order valence-corrected chi connectivity index (χ0v) is 8.80. The molecule has 1 aliphatic rings. The molecule has 14 heavy (non-hydrogen) atoms. The van der Waals surface area contributed by atoms with E-state index in [-0.39, 0.29) is 6.61 Å². The van der Waals surface area contributed by atoms with Gasteiger partial charge in [0.1, 0.15) is 18.3 Å². The van der Waals surface area contributed by atoms with Gasteiger partial charge in [-0.1, -0.05) is 0 Å². The maximum atomic E-state index is 9.68. The highest BCUT2D eigenvalue weighted by Gasteiger charge is 2.43. The van der Waals surface area contributed by atoms with Crippen LogP contribution < -0.4 is 0 Å². The van der Waals surface area contributed by atoms with Crippen molar-refractivity contribution in [1.82, 2.24) is 0 Å². The van der Waals surface area contributed by atoms with Crippen LogP contribution in [0.3, 0.4) is 0 Å². The number of rotatable bonds is 3. The molecule has 0 aliphatic carbocycles. The summed E-state index contributed by atoms with van der Waals surface area (Å²) in [5.74, 6) is 0. The number of ether oxygens (including phenoxy) is 2. The van der Waals surface area contributed by atoms with Gasteiger partial charge in [-0.25, -0.2) is 0 Å². The molecular formula is C8H16O5S. The lowest BCUT2D eigenvalue weighted by molar-refractivity contribution is -0.242. The van der Waals surface area contributed by atoms with E-state index in [0.29, 0.717) is 6.61 Å². The normalized spacial score (nSPS) is 43.9. The van der Waals surface area contributed by atoms with E-state index < -0.39 is 29.9 Å². The van der Waals surface area contributed by atoms with E-state index >= 15 is 0 Å². The van der Waals surface area contributed by atoms with E-state index in [1.807, 2.05) is 0 Å². The molecule has 0 radical (unpaired) electrons. The smallest absolute Gasteiger partial charge is 0.169 e. The van der Waals surface area contributed by atoms with Crippen LogP contribution in [-0.4, -0.2) is 58.4 Å². The van der Waals surface area contributed by atoms with Crippen molar-refractivity contribution >= 4 is 12.6 Å². The molecule has 1 heterocycles. The molecule has 84 valence electrons. The van der Waals surface area contributed by atoms with Crippen molar-refractivity contribution in [2.24, 2.45) is 0 Å². The summed E-state index contributed by atoms with van der Waals surface area (Å²) in [5.41, 5.74) is 0. The van der Waals surface area contributed by atoms with Crippen molar-refractivity contribution in [2.45, 2.75) is 36.8 Å². The Morgan fingerprint density at radius 1 is 1.43 bits per heavy atom. The van der Waals surface area contributed by atoms with Crippen molar-refractivity contribution in [1.29, 1.82) is 0 Å². The summed E-state index contributed by atoms with van der Waals surface area (Å²) in [5, 5.41) is 27.3. The zero-order chi connectivity index (χ0) is 10.7. The molecule has 0 aromatic heterocycles. The summed E-state index contributed by atoms with van der Waals surface area (Å²) < 4.78 is 10.2. The molecule has 6 heteroatoms. The Bertz CT molecular complexity index is 179. The molecule has 0 amide bonds. The van der Waals surface area contributed by atoms with Gasteiger partial charge in [0.15, 0.2) is 6.29 Å². The van der Waals surface area contributed by atoms with Crippen LogP contribution in [0.5, 0.6) is 0 Å². The van der Waals surface area contributed by atoms with E-state index in [1.54, 1.807) is 6.92 Å². The van der Waals surface area contributed by atoms with E-state index in [4.69, 9.17) is 14.6 Å². The quantitative estimate of drug-likeness (QED) is 0.451. The van der Waals surface area contributed by atoms with Crippen LogP contribution in [0.15, 0.2) is 0 Å². The second-order valence-electron chi connectivity index (χ2n) is 3.15. The Morgan fingerprint density at radius 3 is 2.57 bits per heavy atom. The Morgan fingerprint density at radius 2 is 2.07 bits per heavy atom.